The lowest BCUT2D eigenvalue weighted by atomic mass is 10.0. The first kappa shape index (κ1) is 9.49. The Morgan fingerprint density at radius 2 is 1.61 bits per heavy atom. The molecular formula is C13H9N5. The molecule has 4 rings (SSSR count). The molecule has 3 aromatic rings. The molecule has 1 heterocycles. The first-order chi connectivity index (χ1) is 8.88. The maximum Gasteiger partial charge on any atom is 0.257 e. The van der Waals surface area contributed by atoms with Gasteiger partial charge in [-0.15, -0.1) is 10.2 Å². The summed E-state index contributed by atoms with van der Waals surface area (Å²) in [5, 5.41) is 10.5. The van der Waals surface area contributed by atoms with E-state index in [0.29, 0.717) is 5.95 Å². The van der Waals surface area contributed by atoms with Crippen LogP contribution >= 0.6 is 0 Å². The zero-order valence-electron chi connectivity index (χ0n) is 9.38. The summed E-state index contributed by atoms with van der Waals surface area (Å²) < 4.78 is 0. The normalized spacial score (nSPS) is 11.6. The Hall–Kier alpha value is -2.53. The predicted molar refractivity (Wildman–Crippen MR) is 69.6 cm³/mol. The number of nitrogens with zero attached hydrogens (tertiary/aromatic N) is 3. The van der Waals surface area contributed by atoms with E-state index in [-0.39, 0.29) is 0 Å². The molecule has 2 aromatic carbocycles. The Balaban J connectivity index is 2.17. The van der Waals surface area contributed by atoms with Crippen LogP contribution in [0.15, 0.2) is 36.4 Å². The third-order valence-electron chi connectivity index (χ3n) is 3.23. The van der Waals surface area contributed by atoms with Crippen molar-refractivity contribution in [2.45, 2.75) is 0 Å². The van der Waals surface area contributed by atoms with E-state index in [1.54, 1.807) is 0 Å². The second-order valence-electron chi connectivity index (χ2n) is 4.19. The molecule has 0 saturated carbocycles. The van der Waals surface area contributed by atoms with E-state index >= 15 is 0 Å². The number of hydrazine groups is 1. The van der Waals surface area contributed by atoms with Gasteiger partial charge >= 0.3 is 0 Å². The number of fused-ring (bicyclic) bond motifs is 3. The van der Waals surface area contributed by atoms with Gasteiger partial charge in [0.2, 0.25) is 0 Å². The summed E-state index contributed by atoms with van der Waals surface area (Å²) in [6, 6.07) is 12.3. The maximum absolute atomic E-state index is 5.33. The highest BCUT2D eigenvalue weighted by Gasteiger charge is 2.24. The summed E-state index contributed by atoms with van der Waals surface area (Å²) in [5.74, 6) is 5.66. The van der Waals surface area contributed by atoms with Crippen molar-refractivity contribution in [3.05, 3.63) is 36.4 Å². The Morgan fingerprint density at radius 3 is 2.33 bits per heavy atom. The summed E-state index contributed by atoms with van der Waals surface area (Å²) in [4.78, 5) is 4.40. The largest absolute Gasteiger partial charge is 0.291 e. The van der Waals surface area contributed by atoms with E-state index in [0.717, 1.165) is 22.5 Å². The topological polar surface area (TPSA) is 76.7 Å². The monoisotopic (exact) mass is 235 g/mol. The molecule has 0 radical (unpaired) electrons. The standard InChI is InChI=1S/C13H9N5/c14-16-13-15-11-8-5-1-3-7-4-2-6-9(10(7)8)12(11)17-18-13/h1-6H,14H2,(H,15,16,18). The van der Waals surface area contributed by atoms with Gasteiger partial charge in [-0.3, -0.25) is 5.43 Å². The lowest BCUT2D eigenvalue weighted by molar-refractivity contribution is 0.977. The zero-order valence-corrected chi connectivity index (χ0v) is 9.38. The fourth-order valence-electron chi connectivity index (χ4n) is 2.49. The molecule has 18 heavy (non-hydrogen) atoms. The van der Waals surface area contributed by atoms with Gasteiger partial charge in [-0.2, -0.15) is 0 Å². The first-order valence-electron chi connectivity index (χ1n) is 5.62. The van der Waals surface area contributed by atoms with Crippen LogP contribution in [0, 0.1) is 0 Å². The van der Waals surface area contributed by atoms with Crippen molar-refractivity contribution in [3.8, 4) is 22.5 Å². The number of nitrogens with one attached hydrogen (secondary N) is 1. The Kier molecular flexibility index (Phi) is 1.71. The van der Waals surface area contributed by atoms with E-state index in [9.17, 15) is 0 Å². The molecule has 86 valence electrons. The molecule has 0 bridgehead atoms. The van der Waals surface area contributed by atoms with Crippen LogP contribution in [0.4, 0.5) is 5.95 Å². The molecule has 0 amide bonds. The van der Waals surface area contributed by atoms with Crippen LogP contribution in [0.2, 0.25) is 0 Å². The zero-order chi connectivity index (χ0) is 12.1. The van der Waals surface area contributed by atoms with Gasteiger partial charge < -0.3 is 0 Å². The molecule has 5 heteroatoms. The van der Waals surface area contributed by atoms with Crippen molar-refractivity contribution in [3.63, 3.8) is 0 Å². The van der Waals surface area contributed by atoms with Crippen LogP contribution in [0.3, 0.4) is 0 Å². The second kappa shape index (κ2) is 3.24. The molecule has 1 aromatic heterocycles. The Morgan fingerprint density at radius 1 is 0.889 bits per heavy atom. The SMILES string of the molecule is NNc1nnc2c(n1)-c1cccc3cccc-2c13. The van der Waals surface area contributed by atoms with Gasteiger partial charge in [0.05, 0.1) is 0 Å². The third kappa shape index (κ3) is 1.06. The molecule has 1 aliphatic carbocycles. The number of anilines is 1. The van der Waals surface area contributed by atoms with Gasteiger partial charge in [0, 0.05) is 16.5 Å². The minimum atomic E-state index is 0.332. The summed E-state index contributed by atoms with van der Waals surface area (Å²) in [6.45, 7) is 0. The molecule has 0 saturated heterocycles. The fourth-order valence-corrected chi connectivity index (χ4v) is 2.49. The minimum absolute atomic E-state index is 0.332. The van der Waals surface area contributed by atoms with Crippen LogP contribution < -0.4 is 11.3 Å². The Labute approximate surface area is 103 Å². The molecule has 0 fully saturated rings. The highest BCUT2D eigenvalue weighted by molar-refractivity contribution is 6.13. The molecule has 3 N–H and O–H groups in total. The van der Waals surface area contributed by atoms with Crippen molar-refractivity contribution < 1.29 is 0 Å². The lowest BCUT2D eigenvalue weighted by Gasteiger charge is -2.01. The first-order valence-corrected chi connectivity index (χ1v) is 5.62. The summed E-state index contributed by atoms with van der Waals surface area (Å²) in [7, 11) is 0. The number of aromatic nitrogens is 3. The highest BCUT2D eigenvalue weighted by Crippen LogP contribution is 2.44. The van der Waals surface area contributed by atoms with Crippen LogP contribution in [-0.2, 0) is 0 Å². The van der Waals surface area contributed by atoms with Crippen molar-refractivity contribution >= 4 is 16.7 Å². The van der Waals surface area contributed by atoms with Crippen LogP contribution in [-0.4, -0.2) is 15.2 Å². The average Bonchev–Trinajstić information content (AvgIpc) is 2.76. The fraction of sp³-hybridized carbons (Fsp3) is 0. The lowest BCUT2D eigenvalue weighted by Crippen LogP contribution is -2.11. The highest BCUT2D eigenvalue weighted by atomic mass is 15.3. The molecular weight excluding hydrogens is 226 g/mol. The van der Waals surface area contributed by atoms with E-state index in [1.807, 2.05) is 24.3 Å². The summed E-state index contributed by atoms with van der Waals surface area (Å²) in [5.41, 5.74) is 6.26. The minimum Gasteiger partial charge on any atom is -0.291 e. The van der Waals surface area contributed by atoms with Gasteiger partial charge in [0.1, 0.15) is 11.4 Å². The van der Waals surface area contributed by atoms with E-state index in [2.05, 4.69) is 32.7 Å². The van der Waals surface area contributed by atoms with Crippen molar-refractivity contribution in [1.82, 2.24) is 15.2 Å². The van der Waals surface area contributed by atoms with Gasteiger partial charge in [0.25, 0.3) is 5.95 Å². The maximum atomic E-state index is 5.33. The average molecular weight is 235 g/mol. The van der Waals surface area contributed by atoms with E-state index in [1.165, 1.54) is 10.8 Å². The number of nitrogens with two attached hydrogens (primary N) is 1. The van der Waals surface area contributed by atoms with Crippen LogP contribution in [0.5, 0.6) is 0 Å². The van der Waals surface area contributed by atoms with Crippen LogP contribution in [0.25, 0.3) is 33.3 Å². The number of nitrogen functional groups attached to an aromatic ring is 1. The summed E-state index contributed by atoms with van der Waals surface area (Å²) >= 11 is 0. The van der Waals surface area contributed by atoms with Gasteiger partial charge in [-0.1, -0.05) is 36.4 Å². The molecule has 5 nitrogen and oxygen atoms in total. The third-order valence-corrected chi connectivity index (χ3v) is 3.23. The Bertz CT molecular complexity index is 776. The smallest absolute Gasteiger partial charge is 0.257 e. The molecule has 0 aliphatic heterocycles. The molecule has 0 atom stereocenters. The molecule has 0 spiro atoms. The van der Waals surface area contributed by atoms with E-state index < -0.39 is 0 Å². The predicted octanol–water partition coefficient (Wildman–Crippen LogP) is 1.96. The number of rotatable bonds is 1. The van der Waals surface area contributed by atoms with Gasteiger partial charge in [0.15, 0.2) is 0 Å². The molecule has 0 unspecified atom stereocenters. The van der Waals surface area contributed by atoms with Gasteiger partial charge in [-0.05, 0) is 5.39 Å². The van der Waals surface area contributed by atoms with Crippen molar-refractivity contribution in [2.75, 3.05) is 5.43 Å². The number of hydrogen-bond acceptors (Lipinski definition) is 5. The number of benzene rings is 2. The van der Waals surface area contributed by atoms with Gasteiger partial charge in [-0.25, -0.2) is 10.8 Å². The van der Waals surface area contributed by atoms with Crippen molar-refractivity contribution in [1.29, 1.82) is 0 Å². The summed E-state index contributed by atoms with van der Waals surface area (Å²) in [6.07, 6.45) is 0. The van der Waals surface area contributed by atoms with E-state index in [4.69, 9.17) is 5.84 Å². The molecule has 1 aliphatic rings. The number of hydrogen-bond donors (Lipinski definition) is 2. The van der Waals surface area contributed by atoms with Crippen molar-refractivity contribution in [2.24, 2.45) is 5.84 Å². The quantitative estimate of drug-likeness (QED) is 0.389. The van der Waals surface area contributed by atoms with Crippen LogP contribution in [0.1, 0.15) is 0 Å². The second-order valence-corrected chi connectivity index (χ2v) is 4.19.